The third-order valence-corrected chi connectivity index (χ3v) is 10.2. The van der Waals surface area contributed by atoms with Crippen LogP contribution in [0.1, 0.15) is 54.5 Å². The molecule has 4 aromatic rings. The molecule has 0 spiro atoms. The molecule has 1 N–H and O–H groups in total. The van der Waals surface area contributed by atoms with Crippen molar-refractivity contribution in [3.8, 4) is 23.3 Å². The Morgan fingerprint density at radius 2 is 2.00 bits per heavy atom. The number of pyridine rings is 1. The highest BCUT2D eigenvalue weighted by atomic mass is 35.5. The number of para-hydroxylation sites is 1. The lowest BCUT2D eigenvalue weighted by molar-refractivity contribution is -0.0717. The molecule has 2 aromatic carbocycles. The van der Waals surface area contributed by atoms with Crippen LogP contribution in [-0.4, -0.2) is 62.8 Å². The molecule has 2 aliphatic heterocycles. The Balaban J connectivity index is 1.08. The first-order valence-corrected chi connectivity index (χ1v) is 15.9. The minimum atomic E-state index is -1.06. The largest absolute Gasteiger partial charge is 0.494 e. The van der Waals surface area contributed by atoms with Gasteiger partial charge in [0.2, 0.25) is 0 Å². The Morgan fingerprint density at radius 3 is 2.67 bits per heavy atom. The van der Waals surface area contributed by atoms with Crippen LogP contribution in [0.3, 0.4) is 0 Å². The van der Waals surface area contributed by atoms with Crippen molar-refractivity contribution >= 4 is 34.3 Å². The lowest BCUT2D eigenvalue weighted by Crippen LogP contribution is -2.64. The van der Waals surface area contributed by atoms with Crippen LogP contribution >= 0.6 is 11.6 Å². The fourth-order valence-corrected chi connectivity index (χ4v) is 7.27. The molecule has 2 saturated carbocycles. The van der Waals surface area contributed by atoms with Crippen molar-refractivity contribution in [1.29, 1.82) is 5.26 Å². The number of benzene rings is 2. The molecule has 11 nitrogen and oxygen atoms in total. The van der Waals surface area contributed by atoms with E-state index in [1.165, 1.54) is 13.2 Å². The summed E-state index contributed by atoms with van der Waals surface area (Å²) in [7, 11) is 1.53. The smallest absolute Gasteiger partial charge is 0.335 e. The number of fused-ring (bicyclic) bond motifs is 3. The number of aromatic nitrogens is 3. The number of halogens is 1. The fourth-order valence-electron chi connectivity index (χ4n) is 7.16. The molecule has 236 valence electrons. The second-order valence-corrected chi connectivity index (χ2v) is 13.3. The Labute approximate surface area is 270 Å². The van der Waals surface area contributed by atoms with E-state index in [9.17, 15) is 15.2 Å². The van der Waals surface area contributed by atoms with Crippen LogP contribution in [0.15, 0.2) is 48.7 Å². The van der Waals surface area contributed by atoms with Crippen molar-refractivity contribution in [2.24, 2.45) is 5.41 Å². The molecular weight excluding hydrogens is 608 g/mol. The normalized spacial score (nSPS) is 24.3. The summed E-state index contributed by atoms with van der Waals surface area (Å²) >= 11 is 6.08. The van der Waals surface area contributed by atoms with E-state index in [4.69, 9.17) is 30.8 Å². The molecule has 0 bridgehead atoms. The number of hydrogen-bond acceptors (Lipinski definition) is 9. The molecule has 4 heterocycles. The quantitative estimate of drug-likeness (QED) is 0.260. The zero-order chi connectivity index (χ0) is 31.8. The topological polar surface area (TPSA) is 126 Å². The average Bonchev–Trinajstić information content (AvgIpc) is 3.60. The number of aromatic carboxylic acids is 1. The Morgan fingerprint density at radius 1 is 1.17 bits per heavy atom. The Kier molecular flexibility index (Phi) is 6.60. The number of piperazine rings is 1. The first-order valence-electron chi connectivity index (χ1n) is 15.6. The number of methoxy groups -OCH3 is 1. The van der Waals surface area contributed by atoms with E-state index in [-0.39, 0.29) is 11.6 Å². The molecule has 8 rings (SSSR count). The summed E-state index contributed by atoms with van der Waals surface area (Å²) in [4.78, 5) is 26.3. The summed E-state index contributed by atoms with van der Waals surface area (Å²) in [5, 5.41) is 20.3. The number of carbonyl (C=O) groups is 1. The van der Waals surface area contributed by atoms with Crippen molar-refractivity contribution in [2.75, 3.05) is 25.1 Å². The van der Waals surface area contributed by atoms with Gasteiger partial charge in [-0.3, -0.25) is 9.88 Å². The van der Waals surface area contributed by atoms with Gasteiger partial charge in [-0.05, 0) is 62.1 Å². The van der Waals surface area contributed by atoms with Gasteiger partial charge < -0.3 is 28.8 Å². The SMILES string of the molecule is COc1cc(C(=O)O)cc2c1nc(CN1CCN(c3cccc4c3O[C@@](C)(c3ccc(Cl)cn3)O4)[C@H]3CC[C@@H]31)n2CC1(C#N)CC1. The first-order chi connectivity index (χ1) is 22.2. The number of anilines is 1. The lowest BCUT2D eigenvalue weighted by atomic mass is 9.81. The number of ether oxygens (including phenoxy) is 3. The third kappa shape index (κ3) is 4.62. The number of imidazole rings is 1. The van der Waals surface area contributed by atoms with Crippen molar-refractivity contribution in [3.05, 3.63) is 70.8 Å². The molecule has 0 radical (unpaired) electrons. The van der Waals surface area contributed by atoms with Crippen molar-refractivity contribution < 1.29 is 24.1 Å². The molecule has 0 unspecified atom stereocenters. The predicted octanol–water partition coefficient (Wildman–Crippen LogP) is 5.59. The van der Waals surface area contributed by atoms with Gasteiger partial charge in [0.25, 0.3) is 5.79 Å². The molecule has 1 saturated heterocycles. The van der Waals surface area contributed by atoms with E-state index in [1.54, 1.807) is 18.3 Å². The monoisotopic (exact) mass is 640 g/mol. The van der Waals surface area contributed by atoms with Crippen molar-refractivity contribution in [3.63, 3.8) is 0 Å². The number of hydrogen-bond donors (Lipinski definition) is 1. The molecule has 4 aliphatic rings. The molecule has 3 fully saturated rings. The second-order valence-electron chi connectivity index (χ2n) is 12.8. The van der Waals surface area contributed by atoms with E-state index < -0.39 is 17.2 Å². The van der Waals surface area contributed by atoms with E-state index in [1.807, 2.05) is 25.1 Å². The van der Waals surface area contributed by atoms with Crippen LogP contribution in [0.2, 0.25) is 5.02 Å². The lowest BCUT2D eigenvalue weighted by Gasteiger charge is -2.54. The van der Waals surface area contributed by atoms with Crippen molar-refractivity contribution in [2.45, 2.75) is 63.6 Å². The minimum absolute atomic E-state index is 0.135. The van der Waals surface area contributed by atoms with Gasteiger partial charge in [-0.15, -0.1) is 0 Å². The molecule has 2 aliphatic carbocycles. The van der Waals surface area contributed by atoms with Gasteiger partial charge in [0.05, 0.1) is 46.9 Å². The molecule has 2 aromatic heterocycles. The van der Waals surface area contributed by atoms with Crippen LogP contribution < -0.4 is 19.1 Å². The highest BCUT2D eigenvalue weighted by molar-refractivity contribution is 6.30. The Hall–Kier alpha value is -4.53. The maximum absolute atomic E-state index is 12.0. The van der Waals surface area contributed by atoms with E-state index in [0.717, 1.165) is 56.0 Å². The fraction of sp³-hybridized carbons (Fsp3) is 0.412. The summed E-state index contributed by atoms with van der Waals surface area (Å²) in [6, 6.07) is 15.9. The molecule has 12 heteroatoms. The van der Waals surface area contributed by atoms with E-state index >= 15 is 0 Å². The summed E-state index contributed by atoms with van der Waals surface area (Å²) in [5.41, 5.74) is 2.65. The van der Waals surface area contributed by atoms with Gasteiger partial charge in [0.15, 0.2) is 11.5 Å². The summed E-state index contributed by atoms with van der Waals surface area (Å²) in [6.45, 7) is 4.52. The third-order valence-electron chi connectivity index (χ3n) is 10.0. The average molecular weight is 641 g/mol. The van der Waals surface area contributed by atoms with E-state index in [0.29, 0.717) is 52.4 Å². The predicted molar refractivity (Wildman–Crippen MR) is 169 cm³/mol. The number of nitriles is 1. The van der Waals surface area contributed by atoms with Gasteiger partial charge >= 0.3 is 5.97 Å². The number of nitrogens with zero attached hydrogens (tertiary/aromatic N) is 6. The highest BCUT2D eigenvalue weighted by Crippen LogP contribution is 2.51. The highest BCUT2D eigenvalue weighted by Gasteiger charge is 2.48. The summed E-state index contributed by atoms with van der Waals surface area (Å²) in [6.07, 6.45) is 5.33. The minimum Gasteiger partial charge on any atom is -0.494 e. The van der Waals surface area contributed by atoms with Gasteiger partial charge in [-0.25, -0.2) is 9.78 Å². The van der Waals surface area contributed by atoms with Gasteiger partial charge in [0.1, 0.15) is 22.8 Å². The second kappa shape index (κ2) is 10.5. The zero-order valence-electron chi connectivity index (χ0n) is 25.6. The zero-order valence-corrected chi connectivity index (χ0v) is 26.3. The van der Waals surface area contributed by atoms with Crippen LogP contribution in [0.4, 0.5) is 5.69 Å². The van der Waals surface area contributed by atoms with Crippen LogP contribution in [0.25, 0.3) is 11.0 Å². The van der Waals surface area contributed by atoms with Crippen LogP contribution in [0.5, 0.6) is 17.2 Å². The molecule has 0 amide bonds. The van der Waals surface area contributed by atoms with Crippen LogP contribution in [0, 0.1) is 16.7 Å². The number of carboxylic acid groups (broad SMARTS) is 1. The molecule has 46 heavy (non-hydrogen) atoms. The number of carboxylic acids is 1. The van der Waals surface area contributed by atoms with Gasteiger partial charge in [-0.2, -0.15) is 5.26 Å². The summed E-state index contributed by atoms with van der Waals surface area (Å²) < 4.78 is 20.5. The number of rotatable bonds is 8. The maximum Gasteiger partial charge on any atom is 0.335 e. The van der Waals surface area contributed by atoms with E-state index in [2.05, 4.69) is 31.5 Å². The van der Waals surface area contributed by atoms with Crippen LogP contribution in [-0.2, 0) is 18.9 Å². The Bertz CT molecular complexity index is 1920. The standard InChI is InChI=1S/C34H33ClN6O5/c1-33(28-9-6-21(35)16-37-28)45-26-5-3-4-24(31(26)46-33)40-13-12-39(22-7-8-23(22)40)17-29-38-30-25(41(29)19-34(18-36)10-11-34)14-20(32(42)43)15-27(30)44-2/h3-6,9,14-16,22-23H,7-8,10-13,17,19H2,1-2H3,(H,42,43)/t22-,23-,33-/m0/s1. The van der Waals surface area contributed by atoms with Gasteiger partial charge in [0, 0.05) is 44.8 Å². The molecule has 3 atom stereocenters. The molecular formula is C34H33ClN6O5. The van der Waals surface area contributed by atoms with Crippen molar-refractivity contribution in [1.82, 2.24) is 19.4 Å². The summed E-state index contributed by atoms with van der Waals surface area (Å²) in [5.74, 6) is 0.549. The first kappa shape index (κ1) is 28.9. The van der Waals surface area contributed by atoms with Gasteiger partial charge in [-0.1, -0.05) is 17.7 Å². The maximum atomic E-state index is 12.0.